The van der Waals surface area contributed by atoms with Crippen molar-refractivity contribution in [1.29, 1.82) is 0 Å². The van der Waals surface area contributed by atoms with Crippen molar-refractivity contribution in [3.63, 3.8) is 0 Å². The van der Waals surface area contributed by atoms with Gasteiger partial charge in [-0.1, -0.05) is 13.0 Å². The van der Waals surface area contributed by atoms with Crippen LogP contribution >= 0.6 is 23.7 Å². The maximum atomic E-state index is 5.49. The molecule has 11 heavy (non-hydrogen) atoms. The van der Waals surface area contributed by atoms with E-state index < -0.39 is 0 Å². The van der Waals surface area contributed by atoms with Gasteiger partial charge in [0.15, 0.2) is 0 Å². The van der Waals surface area contributed by atoms with Gasteiger partial charge in [-0.05, 0) is 30.3 Å². The molecule has 3 heteroatoms. The van der Waals surface area contributed by atoms with Gasteiger partial charge in [-0.2, -0.15) is 0 Å². The number of hydrogen-bond acceptors (Lipinski definition) is 2. The molecule has 0 saturated heterocycles. The summed E-state index contributed by atoms with van der Waals surface area (Å²) in [6.45, 7) is 2.97. The molecule has 1 nitrogen and oxygen atoms in total. The van der Waals surface area contributed by atoms with Crippen LogP contribution in [0.1, 0.15) is 11.8 Å². The molecule has 0 aliphatic heterocycles. The van der Waals surface area contributed by atoms with Crippen molar-refractivity contribution in [3.05, 3.63) is 22.4 Å². The summed E-state index contributed by atoms with van der Waals surface area (Å²) >= 11 is 1.81. The molecule has 0 spiro atoms. The van der Waals surface area contributed by atoms with Crippen LogP contribution in [0, 0.1) is 5.92 Å². The van der Waals surface area contributed by atoms with E-state index in [1.807, 2.05) is 11.3 Å². The highest BCUT2D eigenvalue weighted by Gasteiger charge is 2.00. The molecular formula is C8H14ClNS. The molecule has 0 aliphatic carbocycles. The molecule has 2 N–H and O–H groups in total. The normalized spacial score (nSPS) is 12.2. The second kappa shape index (κ2) is 5.58. The lowest BCUT2D eigenvalue weighted by Gasteiger charge is -2.04. The smallest absolute Gasteiger partial charge is 0.00483 e. The Balaban J connectivity index is 0.000001000. The average molecular weight is 192 g/mol. The van der Waals surface area contributed by atoms with Crippen molar-refractivity contribution in [2.75, 3.05) is 6.54 Å². The summed E-state index contributed by atoms with van der Waals surface area (Å²) in [5.41, 5.74) is 5.49. The van der Waals surface area contributed by atoms with E-state index in [4.69, 9.17) is 5.73 Å². The van der Waals surface area contributed by atoms with Crippen LogP contribution in [-0.4, -0.2) is 6.54 Å². The first-order valence-electron chi connectivity index (χ1n) is 3.55. The van der Waals surface area contributed by atoms with Gasteiger partial charge in [-0.25, -0.2) is 0 Å². The van der Waals surface area contributed by atoms with E-state index in [-0.39, 0.29) is 12.4 Å². The summed E-state index contributed by atoms with van der Waals surface area (Å²) in [5.74, 6) is 0.624. The molecule has 1 rings (SSSR count). The third-order valence-corrected chi connectivity index (χ3v) is 2.43. The maximum absolute atomic E-state index is 5.49. The zero-order valence-corrected chi connectivity index (χ0v) is 8.25. The molecule has 64 valence electrons. The Bertz CT molecular complexity index is 174. The third kappa shape index (κ3) is 3.75. The van der Waals surface area contributed by atoms with Gasteiger partial charge in [-0.15, -0.1) is 23.7 Å². The van der Waals surface area contributed by atoms with E-state index in [0.29, 0.717) is 5.92 Å². The van der Waals surface area contributed by atoms with Crippen LogP contribution in [0.25, 0.3) is 0 Å². The molecule has 1 unspecified atom stereocenters. The van der Waals surface area contributed by atoms with E-state index in [2.05, 4.69) is 24.4 Å². The van der Waals surface area contributed by atoms with Gasteiger partial charge in [0.2, 0.25) is 0 Å². The van der Waals surface area contributed by atoms with Crippen LogP contribution in [0.4, 0.5) is 0 Å². The summed E-state index contributed by atoms with van der Waals surface area (Å²) in [6, 6.07) is 4.25. The quantitative estimate of drug-likeness (QED) is 0.780. The van der Waals surface area contributed by atoms with Crippen LogP contribution in [0.5, 0.6) is 0 Å². The monoisotopic (exact) mass is 191 g/mol. The van der Waals surface area contributed by atoms with Crippen molar-refractivity contribution >= 4 is 23.7 Å². The Morgan fingerprint density at radius 3 is 2.82 bits per heavy atom. The summed E-state index contributed by atoms with van der Waals surface area (Å²) in [5, 5.41) is 2.11. The number of halogens is 1. The van der Waals surface area contributed by atoms with E-state index >= 15 is 0 Å². The second-order valence-corrected chi connectivity index (χ2v) is 3.66. The van der Waals surface area contributed by atoms with Crippen molar-refractivity contribution in [2.24, 2.45) is 11.7 Å². The minimum Gasteiger partial charge on any atom is -0.330 e. The Labute approximate surface area is 78.0 Å². The highest BCUT2D eigenvalue weighted by atomic mass is 35.5. The van der Waals surface area contributed by atoms with E-state index in [1.54, 1.807) is 0 Å². The molecule has 0 bridgehead atoms. The van der Waals surface area contributed by atoms with E-state index in [9.17, 15) is 0 Å². The summed E-state index contributed by atoms with van der Waals surface area (Å²) in [6.07, 6.45) is 1.13. The standard InChI is InChI=1S/C8H13NS.ClH/c1-7(6-9)5-8-3-2-4-10-8;/h2-4,7H,5-6,9H2,1H3;1H. The first-order valence-corrected chi connectivity index (χ1v) is 4.43. The van der Waals surface area contributed by atoms with Crippen LogP contribution in [0.15, 0.2) is 17.5 Å². The fourth-order valence-corrected chi connectivity index (χ4v) is 1.73. The van der Waals surface area contributed by atoms with Gasteiger partial charge in [0.25, 0.3) is 0 Å². The van der Waals surface area contributed by atoms with Gasteiger partial charge >= 0.3 is 0 Å². The van der Waals surface area contributed by atoms with Crippen molar-refractivity contribution in [1.82, 2.24) is 0 Å². The minimum absolute atomic E-state index is 0. The Morgan fingerprint density at radius 1 is 1.64 bits per heavy atom. The summed E-state index contributed by atoms with van der Waals surface area (Å²) in [7, 11) is 0. The topological polar surface area (TPSA) is 26.0 Å². The predicted octanol–water partition coefficient (Wildman–Crippen LogP) is 2.31. The Hall–Kier alpha value is -0.0500. The molecular weight excluding hydrogens is 178 g/mol. The molecule has 1 heterocycles. The maximum Gasteiger partial charge on any atom is 0.00483 e. The number of thiophene rings is 1. The molecule has 0 aliphatic rings. The molecule has 0 radical (unpaired) electrons. The van der Waals surface area contributed by atoms with Crippen molar-refractivity contribution < 1.29 is 0 Å². The zero-order valence-electron chi connectivity index (χ0n) is 6.62. The number of rotatable bonds is 3. The first kappa shape index (κ1) is 11.0. The lowest BCUT2D eigenvalue weighted by Crippen LogP contribution is -2.12. The molecule has 1 aromatic rings. The van der Waals surface area contributed by atoms with Crippen LogP contribution in [0.2, 0.25) is 0 Å². The van der Waals surface area contributed by atoms with E-state index in [1.165, 1.54) is 4.88 Å². The largest absolute Gasteiger partial charge is 0.330 e. The summed E-state index contributed by atoms with van der Waals surface area (Å²) in [4.78, 5) is 1.44. The highest BCUT2D eigenvalue weighted by Crippen LogP contribution is 2.13. The minimum atomic E-state index is 0. The first-order chi connectivity index (χ1) is 4.83. The fraction of sp³-hybridized carbons (Fsp3) is 0.500. The SMILES string of the molecule is CC(CN)Cc1cccs1.Cl. The zero-order chi connectivity index (χ0) is 7.40. The Kier molecular flexibility index (Phi) is 5.56. The summed E-state index contributed by atoms with van der Waals surface area (Å²) < 4.78 is 0. The van der Waals surface area contributed by atoms with Gasteiger partial charge in [0, 0.05) is 4.88 Å². The highest BCUT2D eigenvalue weighted by molar-refractivity contribution is 7.09. The number of hydrogen-bond donors (Lipinski definition) is 1. The van der Waals surface area contributed by atoms with Gasteiger partial charge < -0.3 is 5.73 Å². The van der Waals surface area contributed by atoms with Gasteiger partial charge in [-0.3, -0.25) is 0 Å². The lowest BCUT2D eigenvalue weighted by molar-refractivity contribution is 0.598. The Morgan fingerprint density at radius 2 is 2.36 bits per heavy atom. The van der Waals surface area contributed by atoms with Crippen LogP contribution in [-0.2, 0) is 6.42 Å². The molecule has 0 amide bonds. The fourth-order valence-electron chi connectivity index (χ4n) is 0.856. The number of nitrogens with two attached hydrogens (primary N) is 1. The predicted molar refractivity (Wildman–Crippen MR) is 53.5 cm³/mol. The molecule has 0 aromatic carbocycles. The van der Waals surface area contributed by atoms with Crippen LogP contribution in [0.3, 0.4) is 0 Å². The molecule has 0 fully saturated rings. The van der Waals surface area contributed by atoms with E-state index in [0.717, 1.165) is 13.0 Å². The average Bonchev–Trinajstić information content (AvgIpc) is 2.40. The molecule has 1 aromatic heterocycles. The van der Waals surface area contributed by atoms with Gasteiger partial charge in [0.05, 0.1) is 0 Å². The van der Waals surface area contributed by atoms with Crippen molar-refractivity contribution in [3.8, 4) is 0 Å². The second-order valence-electron chi connectivity index (χ2n) is 2.62. The third-order valence-electron chi connectivity index (χ3n) is 1.53. The molecule has 1 atom stereocenters. The van der Waals surface area contributed by atoms with Crippen LogP contribution < -0.4 is 5.73 Å². The van der Waals surface area contributed by atoms with Crippen molar-refractivity contribution in [2.45, 2.75) is 13.3 Å². The molecule has 0 saturated carbocycles. The lowest BCUT2D eigenvalue weighted by atomic mass is 10.1. The van der Waals surface area contributed by atoms with Gasteiger partial charge in [0.1, 0.15) is 0 Å².